The third kappa shape index (κ3) is 5.03. The van der Waals surface area contributed by atoms with Gasteiger partial charge in [-0.3, -0.25) is 14.9 Å². The Morgan fingerprint density at radius 1 is 1.28 bits per heavy atom. The fourth-order valence-electron chi connectivity index (χ4n) is 2.05. The van der Waals surface area contributed by atoms with Crippen LogP contribution in [0.15, 0.2) is 53.6 Å². The van der Waals surface area contributed by atoms with Gasteiger partial charge >= 0.3 is 0 Å². The molecule has 0 aliphatic rings. The summed E-state index contributed by atoms with van der Waals surface area (Å²) in [6.07, 6.45) is 1.35. The molecule has 2 aromatic carbocycles. The molecule has 0 fully saturated rings. The molecule has 0 aromatic heterocycles. The smallest absolute Gasteiger partial charge is 0.270 e. The number of nitrogens with zero attached hydrogens (tertiary/aromatic N) is 2. The number of benzene rings is 2. The lowest BCUT2D eigenvalue weighted by atomic mass is 10.2. The topological polar surface area (TPSA) is 106 Å². The third-order valence-corrected chi connectivity index (χ3v) is 3.34. The molecule has 8 heteroatoms. The van der Waals surface area contributed by atoms with Crippen LogP contribution in [0.2, 0.25) is 0 Å². The van der Waals surface area contributed by atoms with Crippen LogP contribution in [0.25, 0.3) is 0 Å². The maximum atomic E-state index is 12.1. The number of anilines is 1. The summed E-state index contributed by atoms with van der Waals surface area (Å²) in [4.78, 5) is 22.3. The number of para-hydroxylation sites is 2. The van der Waals surface area contributed by atoms with Gasteiger partial charge in [0.05, 0.1) is 23.9 Å². The van der Waals surface area contributed by atoms with Crippen molar-refractivity contribution in [3.05, 3.63) is 64.2 Å². The maximum Gasteiger partial charge on any atom is 0.270 e. The van der Waals surface area contributed by atoms with Crippen LogP contribution in [-0.4, -0.2) is 30.2 Å². The zero-order valence-electron chi connectivity index (χ0n) is 13.8. The number of hydrogen-bond donors (Lipinski definition) is 2. The number of nitrogens with one attached hydrogen (secondary N) is 2. The average molecular weight is 342 g/mol. The molecule has 0 bridgehead atoms. The quantitative estimate of drug-likeness (QED) is 0.457. The third-order valence-electron chi connectivity index (χ3n) is 3.34. The van der Waals surface area contributed by atoms with Crippen molar-refractivity contribution in [1.82, 2.24) is 5.43 Å². The molecule has 0 unspecified atom stereocenters. The van der Waals surface area contributed by atoms with Gasteiger partial charge in [0.2, 0.25) is 0 Å². The summed E-state index contributed by atoms with van der Waals surface area (Å²) >= 11 is 0. The Bertz CT molecular complexity index is 792. The Hall–Kier alpha value is -3.42. The number of carbonyl (C=O) groups excluding carboxylic acids is 1. The fraction of sp³-hybridized carbons (Fsp3) is 0.176. The van der Waals surface area contributed by atoms with Crippen LogP contribution in [0.5, 0.6) is 5.75 Å². The van der Waals surface area contributed by atoms with E-state index >= 15 is 0 Å². The molecular weight excluding hydrogens is 324 g/mol. The minimum atomic E-state index is -0.557. The molecule has 0 saturated carbocycles. The van der Waals surface area contributed by atoms with Crippen LogP contribution in [0.4, 0.5) is 11.4 Å². The summed E-state index contributed by atoms with van der Waals surface area (Å²) in [6.45, 7) is 1.69. The molecule has 0 heterocycles. The first-order chi connectivity index (χ1) is 12.0. The highest BCUT2D eigenvalue weighted by molar-refractivity contribution is 5.87. The minimum absolute atomic E-state index is 0.0403. The van der Waals surface area contributed by atoms with Gasteiger partial charge in [0.15, 0.2) is 0 Å². The number of hydrogen-bond acceptors (Lipinski definition) is 6. The first kappa shape index (κ1) is 17.9. The predicted molar refractivity (Wildman–Crippen MR) is 94.9 cm³/mol. The van der Waals surface area contributed by atoms with E-state index in [0.717, 1.165) is 0 Å². The molecule has 0 aliphatic heterocycles. The van der Waals surface area contributed by atoms with Gasteiger partial charge in [-0.2, -0.15) is 5.10 Å². The van der Waals surface area contributed by atoms with Gasteiger partial charge in [0.25, 0.3) is 11.6 Å². The van der Waals surface area contributed by atoms with E-state index in [1.54, 1.807) is 38.3 Å². The van der Waals surface area contributed by atoms with Crippen molar-refractivity contribution in [1.29, 1.82) is 0 Å². The maximum absolute atomic E-state index is 12.1. The Balaban J connectivity index is 1.95. The number of hydrazone groups is 1. The molecular formula is C17H18N4O4. The normalized spacial score (nSPS) is 11.8. The largest absolute Gasteiger partial charge is 0.495 e. The Kier molecular flexibility index (Phi) is 6.05. The molecule has 1 amide bonds. The van der Waals surface area contributed by atoms with E-state index in [0.29, 0.717) is 17.0 Å². The predicted octanol–water partition coefficient (Wildman–Crippen LogP) is 2.55. The second kappa shape index (κ2) is 8.44. The SMILES string of the molecule is COc1ccccc1N[C@H](C)C(=O)N/N=C\c1cccc([N+](=O)[O-])c1. The van der Waals surface area contributed by atoms with Crippen molar-refractivity contribution in [2.75, 3.05) is 12.4 Å². The van der Waals surface area contributed by atoms with E-state index in [-0.39, 0.29) is 11.6 Å². The number of non-ortho nitro benzene ring substituents is 1. The Morgan fingerprint density at radius 3 is 2.76 bits per heavy atom. The van der Waals surface area contributed by atoms with Gasteiger partial charge in [-0.05, 0) is 19.1 Å². The highest BCUT2D eigenvalue weighted by Gasteiger charge is 2.13. The highest BCUT2D eigenvalue weighted by Crippen LogP contribution is 2.23. The summed E-state index contributed by atoms with van der Waals surface area (Å²) in [5.74, 6) is 0.273. The molecule has 8 nitrogen and oxygen atoms in total. The van der Waals surface area contributed by atoms with Gasteiger partial charge < -0.3 is 10.1 Å². The molecule has 1 atom stereocenters. The lowest BCUT2D eigenvalue weighted by Gasteiger charge is -2.15. The van der Waals surface area contributed by atoms with Crippen molar-refractivity contribution >= 4 is 23.5 Å². The summed E-state index contributed by atoms with van der Waals surface area (Å²) in [5, 5.41) is 17.6. The van der Waals surface area contributed by atoms with Gasteiger partial charge in [-0.25, -0.2) is 5.43 Å². The number of rotatable bonds is 7. The highest BCUT2D eigenvalue weighted by atomic mass is 16.6. The van der Waals surface area contributed by atoms with Crippen molar-refractivity contribution < 1.29 is 14.5 Å². The van der Waals surface area contributed by atoms with Gasteiger partial charge in [-0.1, -0.05) is 24.3 Å². The second-order valence-electron chi connectivity index (χ2n) is 5.15. The molecule has 2 rings (SSSR count). The fourth-order valence-corrected chi connectivity index (χ4v) is 2.05. The monoisotopic (exact) mass is 342 g/mol. The summed E-state index contributed by atoms with van der Waals surface area (Å²) < 4.78 is 5.22. The molecule has 2 aromatic rings. The number of amides is 1. The van der Waals surface area contributed by atoms with E-state index < -0.39 is 11.0 Å². The van der Waals surface area contributed by atoms with E-state index in [4.69, 9.17) is 4.74 Å². The van der Waals surface area contributed by atoms with Crippen LogP contribution in [0, 0.1) is 10.1 Å². The lowest BCUT2D eigenvalue weighted by molar-refractivity contribution is -0.384. The van der Waals surface area contributed by atoms with Crippen molar-refractivity contribution in [3.8, 4) is 5.75 Å². The van der Waals surface area contributed by atoms with Crippen LogP contribution >= 0.6 is 0 Å². The number of nitro benzene ring substituents is 1. The molecule has 25 heavy (non-hydrogen) atoms. The zero-order valence-corrected chi connectivity index (χ0v) is 13.8. The summed E-state index contributed by atoms with van der Waals surface area (Å²) in [6, 6.07) is 12.6. The number of methoxy groups -OCH3 is 1. The van der Waals surface area contributed by atoms with Gasteiger partial charge in [0.1, 0.15) is 11.8 Å². The average Bonchev–Trinajstić information content (AvgIpc) is 2.62. The summed E-state index contributed by atoms with van der Waals surface area (Å²) in [7, 11) is 1.55. The zero-order chi connectivity index (χ0) is 18.2. The Labute approximate surface area is 144 Å². The van der Waals surface area contributed by atoms with Gasteiger partial charge in [0, 0.05) is 17.7 Å². The summed E-state index contributed by atoms with van der Waals surface area (Å²) in [5.41, 5.74) is 3.56. The number of ether oxygens (including phenoxy) is 1. The van der Waals surface area contributed by atoms with E-state index in [2.05, 4.69) is 15.8 Å². The van der Waals surface area contributed by atoms with Crippen LogP contribution in [0.3, 0.4) is 0 Å². The van der Waals surface area contributed by atoms with E-state index in [1.807, 2.05) is 12.1 Å². The lowest BCUT2D eigenvalue weighted by Crippen LogP contribution is -2.35. The van der Waals surface area contributed by atoms with Gasteiger partial charge in [-0.15, -0.1) is 0 Å². The molecule has 2 N–H and O–H groups in total. The first-order valence-corrected chi connectivity index (χ1v) is 7.48. The van der Waals surface area contributed by atoms with Crippen LogP contribution < -0.4 is 15.5 Å². The van der Waals surface area contributed by atoms with Crippen molar-refractivity contribution in [2.24, 2.45) is 5.10 Å². The molecule has 0 radical (unpaired) electrons. The standard InChI is InChI=1S/C17H18N4O4/c1-12(19-15-8-3-4-9-16(15)25-2)17(22)20-18-11-13-6-5-7-14(10-13)21(23)24/h3-12,19H,1-2H3,(H,20,22)/b18-11-/t12-/m1/s1. The Morgan fingerprint density at radius 2 is 2.04 bits per heavy atom. The van der Waals surface area contributed by atoms with Crippen molar-refractivity contribution in [3.63, 3.8) is 0 Å². The number of nitro groups is 1. The van der Waals surface area contributed by atoms with E-state index in [1.165, 1.54) is 18.3 Å². The second-order valence-corrected chi connectivity index (χ2v) is 5.15. The number of carbonyl (C=O) groups is 1. The molecule has 130 valence electrons. The molecule has 0 saturated heterocycles. The van der Waals surface area contributed by atoms with Crippen LogP contribution in [0.1, 0.15) is 12.5 Å². The molecule has 0 spiro atoms. The first-order valence-electron chi connectivity index (χ1n) is 7.48. The minimum Gasteiger partial charge on any atom is -0.495 e. The van der Waals surface area contributed by atoms with Crippen molar-refractivity contribution in [2.45, 2.75) is 13.0 Å². The van der Waals surface area contributed by atoms with Crippen LogP contribution in [-0.2, 0) is 4.79 Å². The molecule has 0 aliphatic carbocycles. The van der Waals surface area contributed by atoms with E-state index in [9.17, 15) is 14.9 Å².